The second-order valence-electron chi connectivity index (χ2n) is 14.1. The van der Waals surface area contributed by atoms with E-state index in [2.05, 4.69) is 164 Å². The van der Waals surface area contributed by atoms with Crippen LogP contribution in [0.3, 0.4) is 0 Å². The molecule has 0 unspecified atom stereocenters. The van der Waals surface area contributed by atoms with Gasteiger partial charge in [0.05, 0.1) is 16.5 Å². The van der Waals surface area contributed by atoms with Crippen molar-refractivity contribution in [2.45, 2.75) is 24.8 Å². The second kappa shape index (κ2) is 10.3. The number of nitrogens with zero attached hydrogens (tertiary/aromatic N) is 2. The first-order valence-corrected chi connectivity index (χ1v) is 17.1. The molecule has 234 valence electrons. The maximum absolute atomic E-state index is 6.13. The Labute approximate surface area is 286 Å². The van der Waals surface area contributed by atoms with Crippen LogP contribution < -0.4 is 4.74 Å². The number of fused-ring (bicyclic) bond motifs is 4. The van der Waals surface area contributed by atoms with Crippen LogP contribution >= 0.6 is 0 Å². The van der Waals surface area contributed by atoms with Gasteiger partial charge in [-0.1, -0.05) is 127 Å². The van der Waals surface area contributed by atoms with Gasteiger partial charge in [-0.2, -0.15) is 0 Å². The molecule has 0 N–H and O–H groups in total. The van der Waals surface area contributed by atoms with E-state index < -0.39 is 5.41 Å². The van der Waals surface area contributed by atoms with E-state index in [-0.39, 0.29) is 5.54 Å². The van der Waals surface area contributed by atoms with E-state index in [0.717, 1.165) is 28.2 Å². The lowest BCUT2D eigenvalue weighted by Crippen LogP contribution is -2.36. The van der Waals surface area contributed by atoms with E-state index in [1.54, 1.807) is 0 Å². The molecule has 2 aliphatic rings. The lowest BCUT2D eigenvalue weighted by Gasteiger charge is -2.34. The molecule has 0 amide bonds. The highest BCUT2D eigenvalue weighted by Crippen LogP contribution is 2.56. The normalized spacial score (nSPS) is 15.1. The summed E-state index contributed by atoms with van der Waals surface area (Å²) in [6, 6.07) is 57.8. The largest absolute Gasteiger partial charge is 0.489 e. The summed E-state index contributed by atoms with van der Waals surface area (Å²) < 4.78 is 8.50. The predicted octanol–water partition coefficient (Wildman–Crippen LogP) is 11.0. The van der Waals surface area contributed by atoms with E-state index in [0.29, 0.717) is 6.61 Å². The molecule has 0 atom stereocenters. The van der Waals surface area contributed by atoms with Crippen molar-refractivity contribution in [3.63, 3.8) is 0 Å². The third kappa shape index (κ3) is 3.99. The average molecular weight is 631 g/mol. The molecule has 0 spiro atoms. The fraction of sp³-hybridized carbons (Fsp3) is 0.109. The van der Waals surface area contributed by atoms with Crippen molar-refractivity contribution >= 4 is 21.8 Å². The number of aromatic nitrogens is 2. The minimum absolute atomic E-state index is 0.209. The molecule has 1 aliphatic carbocycles. The van der Waals surface area contributed by atoms with Gasteiger partial charge in [0.1, 0.15) is 23.7 Å². The molecule has 0 saturated heterocycles. The van der Waals surface area contributed by atoms with Crippen LogP contribution in [-0.2, 0) is 11.0 Å². The lowest BCUT2D eigenvalue weighted by atomic mass is 9.67. The van der Waals surface area contributed by atoms with E-state index >= 15 is 0 Å². The highest BCUT2D eigenvalue weighted by molar-refractivity contribution is 5.94. The molecule has 0 fully saturated rings. The van der Waals surface area contributed by atoms with Gasteiger partial charge in [0.15, 0.2) is 0 Å². The average Bonchev–Trinajstić information content (AvgIpc) is 3.70. The molecule has 0 saturated carbocycles. The van der Waals surface area contributed by atoms with Crippen LogP contribution in [0.4, 0.5) is 0 Å². The highest BCUT2D eigenvalue weighted by atomic mass is 16.5. The van der Waals surface area contributed by atoms with Gasteiger partial charge >= 0.3 is 0 Å². The number of para-hydroxylation sites is 1. The summed E-state index contributed by atoms with van der Waals surface area (Å²) in [6.07, 6.45) is 0. The lowest BCUT2D eigenvalue weighted by molar-refractivity contribution is 0.173. The van der Waals surface area contributed by atoms with Crippen LogP contribution in [-0.4, -0.2) is 16.2 Å². The summed E-state index contributed by atoms with van der Waals surface area (Å²) in [7, 11) is 0. The summed E-state index contributed by atoms with van der Waals surface area (Å²) in [5, 5.41) is 2.41. The maximum atomic E-state index is 6.13. The first-order chi connectivity index (χ1) is 24.0. The third-order valence-corrected chi connectivity index (χ3v) is 10.7. The van der Waals surface area contributed by atoms with E-state index in [4.69, 9.17) is 9.72 Å². The topological polar surface area (TPSA) is 27.1 Å². The van der Waals surface area contributed by atoms with Crippen molar-refractivity contribution in [2.24, 2.45) is 0 Å². The Morgan fingerprint density at radius 2 is 1.16 bits per heavy atom. The first kappa shape index (κ1) is 28.1. The van der Waals surface area contributed by atoms with Crippen molar-refractivity contribution in [2.75, 3.05) is 6.61 Å². The number of hydrogen-bond acceptors (Lipinski definition) is 2. The van der Waals surface area contributed by atoms with Crippen molar-refractivity contribution in [3.05, 3.63) is 180 Å². The zero-order chi connectivity index (χ0) is 32.7. The van der Waals surface area contributed by atoms with Gasteiger partial charge in [-0.05, 0) is 99.5 Å². The maximum Gasteiger partial charge on any atom is 0.145 e. The molecule has 8 aromatic rings. The van der Waals surface area contributed by atoms with Gasteiger partial charge in [0, 0.05) is 5.56 Å². The zero-order valence-corrected chi connectivity index (χ0v) is 27.5. The van der Waals surface area contributed by atoms with Crippen LogP contribution in [0, 0.1) is 0 Å². The minimum Gasteiger partial charge on any atom is -0.489 e. The Bertz CT molecular complexity index is 2540. The Morgan fingerprint density at radius 3 is 1.92 bits per heavy atom. The minimum atomic E-state index is -0.414. The summed E-state index contributed by atoms with van der Waals surface area (Å²) in [6.45, 7) is 5.06. The van der Waals surface area contributed by atoms with Crippen LogP contribution in [0.5, 0.6) is 5.75 Å². The fourth-order valence-electron chi connectivity index (χ4n) is 8.50. The number of rotatable bonds is 4. The second-order valence-corrected chi connectivity index (χ2v) is 14.1. The Hall–Kier alpha value is -5.93. The summed E-state index contributed by atoms with van der Waals surface area (Å²) in [5.41, 5.74) is 12.8. The SMILES string of the molecule is CC1(C)COc2cccc3nc(-c4ccc5cc(-c6ccc7c(c6)C(c6ccccc6)(c6ccccc6)c6ccccc6-7)ccc5c4)n1c23. The number of ether oxygens (including phenoxy) is 1. The molecule has 2 heterocycles. The molecular weight excluding hydrogens is 597 g/mol. The van der Waals surface area contributed by atoms with Gasteiger partial charge in [0.25, 0.3) is 0 Å². The van der Waals surface area contributed by atoms with Gasteiger partial charge in [0.2, 0.25) is 0 Å². The smallest absolute Gasteiger partial charge is 0.145 e. The highest BCUT2D eigenvalue weighted by Gasteiger charge is 2.46. The number of imidazole rings is 1. The molecule has 49 heavy (non-hydrogen) atoms. The van der Waals surface area contributed by atoms with Gasteiger partial charge in [-0.15, -0.1) is 0 Å². The van der Waals surface area contributed by atoms with Crippen molar-refractivity contribution in [3.8, 4) is 39.4 Å². The zero-order valence-electron chi connectivity index (χ0n) is 27.5. The monoisotopic (exact) mass is 630 g/mol. The van der Waals surface area contributed by atoms with E-state index in [1.165, 1.54) is 55.3 Å². The first-order valence-electron chi connectivity index (χ1n) is 17.1. The van der Waals surface area contributed by atoms with Crippen molar-refractivity contribution in [1.29, 1.82) is 0 Å². The fourth-order valence-corrected chi connectivity index (χ4v) is 8.50. The standard InChI is InChI=1S/C46H34N2O/c1-45(2)29-49-42-19-11-18-41-43(42)48(45)44(47-41)34-23-22-30-26-31(20-21-32(30)27-34)33-24-25-38-37-16-9-10-17-39(37)46(40(38)28-33,35-12-5-3-6-13-35)36-14-7-4-8-15-36/h3-28H,29H2,1-2H3. The van der Waals surface area contributed by atoms with Crippen LogP contribution in [0.25, 0.3) is 55.4 Å². The van der Waals surface area contributed by atoms with Gasteiger partial charge < -0.3 is 9.30 Å². The molecule has 10 rings (SSSR count). The molecule has 0 radical (unpaired) electrons. The molecule has 1 aromatic heterocycles. The Balaban J connectivity index is 1.12. The number of benzene rings is 7. The molecule has 1 aliphatic heterocycles. The summed E-state index contributed by atoms with van der Waals surface area (Å²) >= 11 is 0. The van der Waals surface area contributed by atoms with Gasteiger partial charge in [-0.25, -0.2) is 4.98 Å². The summed E-state index contributed by atoms with van der Waals surface area (Å²) in [5.74, 6) is 1.89. The van der Waals surface area contributed by atoms with E-state index in [9.17, 15) is 0 Å². The molecular formula is C46H34N2O. The van der Waals surface area contributed by atoms with Crippen LogP contribution in [0.1, 0.15) is 36.1 Å². The Morgan fingerprint density at radius 1 is 0.551 bits per heavy atom. The van der Waals surface area contributed by atoms with E-state index in [1.807, 2.05) is 12.1 Å². The molecule has 3 heteroatoms. The van der Waals surface area contributed by atoms with Crippen LogP contribution in [0.2, 0.25) is 0 Å². The molecule has 0 bridgehead atoms. The molecule has 7 aromatic carbocycles. The van der Waals surface area contributed by atoms with Gasteiger partial charge in [-0.3, -0.25) is 0 Å². The van der Waals surface area contributed by atoms with Crippen LogP contribution in [0.15, 0.2) is 158 Å². The van der Waals surface area contributed by atoms with Crippen molar-refractivity contribution < 1.29 is 4.74 Å². The molecule has 3 nitrogen and oxygen atoms in total. The third-order valence-electron chi connectivity index (χ3n) is 10.7. The number of hydrogen-bond donors (Lipinski definition) is 0. The Kier molecular flexibility index (Phi) is 5.90. The summed E-state index contributed by atoms with van der Waals surface area (Å²) in [4.78, 5) is 5.12. The predicted molar refractivity (Wildman–Crippen MR) is 200 cm³/mol. The van der Waals surface area contributed by atoms with Crippen molar-refractivity contribution in [1.82, 2.24) is 9.55 Å². The quantitative estimate of drug-likeness (QED) is 0.193.